The molecule has 6 heteroatoms. The van der Waals surface area contributed by atoms with Crippen LogP contribution in [0.4, 0.5) is 0 Å². The molecule has 0 unspecified atom stereocenters. The predicted octanol–water partition coefficient (Wildman–Crippen LogP) is 2.84. The quantitative estimate of drug-likeness (QED) is 0.909. The molecule has 0 atom stereocenters. The molecule has 0 aliphatic heterocycles. The normalized spacial score (nSPS) is 15.3. The Bertz CT molecular complexity index is 717. The lowest BCUT2D eigenvalue weighted by Crippen LogP contribution is -2.13. The van der Waals surface area contributed by atoms with Crippen molar-refractivity contribution in [3.05, 3.63) is 34.7 Å². The maximum Gasteiger partial charge on any atom is 0.337 e. The number of aromatic amines is 1. The summed E-state index contributed by atoms with van der Waals surface area (Å²) in [4.78, 5) is 15.9. The molecule has 6 nitrogen and oxygen atoms in total. The van der Waals surface area contributed by atoms with E-state index < -0.39 is 5.97 Å². The van der Waals surface area contributed by atoms with Crippen LogP contribution in [0.15, 0.2) is 6.07 Å². The molecule has 22 heavy (non-hydrogen) atoms. The fourth-order valence-corrected chi connectivity index (χ4v) is 2.66. The third-order valence-electron chi connectivity index (χ3n) is 4.14. The molecule has 0 aromatic carbocycles. The maximum absolute atomic E-state index is 11.4. The SMILES string of the molecule is Cc1c(C(=O)O)cc(C2CC2)n1Cc1nc(C(C)(C)C)n[nH]1. The molecule has 118 valence electrons. The van der Waals surface area contributed by atoms with Gasteiger partial charge in [0.1, 0.15) is 5.82 Å². The van der Waals surface area contributed by atoms with E-state index >= 15 is 0 Å². The van der Waals surface area contributed by atoms with Crippen LogP contribution in [-0.2, 0) is 12.0 Å². The van der Waals surface area contributed by atoms with Crippen LogP contribution < -0.4 is 0 Å². The summed E-state index contributed by atoms with van der Waals surface area (Å²) < 4.78 is 2.06. The smallest absolute Gasteiger partial charge is 0.337 e. The minimum absolute atomic E-state index is 0.105. The number of hydrogen-bond acceptors (Lipinski definition) is 3. The van der Waals surface area contributed by atoms with Crippen LogP contribution in [-0.4, -0.2) is 30.8 Å². The fourth-order valence-electron chi connectivity index (χ4n) is 2.66. The minimum Gasteiger partial charge on any atom is -0.478 e. The number of carbonyl (C=O) groups is 1. The molecule has 2 heterocycles. The van der Waals surface area contributed by atoms with Gasteiger partial charge < -0.3 is 9.67 Å². The Morgan fingerprint density at radius 1 is 1.45 bits per heavy atom. The zero-order valence-corrected chi connectivity index (χ0v) is 13.5. The van der Waals surface area contributed by atoms with Crippen molar-refractivity contribution in [2.75, 3.05) is 0 Å². The Balaban J connectivity index is 1.94. The third-order valence-corrected chi connectivity index (χ3v) is 4.14. The summed E-state index contributed by atoms with van der Waals surface area (Å²) in [6.07, 6.45) is 2.26. The van der Waals surface area contributed by atoms with Crippen LogP contribution in [0, 0.1) is 6.92 Å². The van der Waals surface area contributed by atoms with E-state index in [0.717, 1.165) is 35.9 Å². The second kappa shape index (κ2) is 4.97. The zero-order valence-electron chi connectivity index (χ0n) is 13.5. The van der Waals surface area contributed by atoms with Crippen molar-refractivity contribution in [3.63, 3.8) is 0 Å². The number of aromatic nitrogens is 4. The highest BCUT2D eigenvalue weighted by Gasteiger charge is 2.30. The van der Waals surface area contributed by atoms with Crippen molar-refractivity contribution in [2.24, 2.45) is 0 Å². The van der Waals surface area contributed by atoms with Gasteiger partial charge in [0.2, 0.25) is 0 Å². The van der Waals surface area contributed by atoms with Crippen molar-refractivity contribution in [3.8, 4) is 0 Å². The fraction of sp³-hybridized carbons (Fsp3) is 0.562. The van der Waals surface area contributed by atoms with Crippen molar-refractivity contribution in [1.29, 1.82) is 0 Å². The van der Waals surface area contributed by atoms with Gasteiger partial charge in [-0.3, -0.25) is 5.10 Å². The number of H-pyrrole nitrogens is 1. The average Bonchev–Trinajstić information content (AvgIpc) is 3.04. The van der Waals surface area contributed by atoms with Crippen molar-refractivity contribution in [2.45, 2.75) is 58.4 Å². The van der Waals surface area contributed by atoms with E-state index in [-0.39, 0.29) is 5.41 Å². The summed E-state index contributed by atoms with van der Waals surface area (Å²) in [6, 6.07) is 1.82. The molecule has 1 saturated carbocycles. The highest BCUT2D eigenvalue weighted by molar-refractivity contribution is 5.89. The van der Waals surface area contributed by atoms with E-state index in [1.54, 1.807) is 0 Å². The average molecular weight is 302 g/mol. The Labute approximate surface area is 129 Å². The van der Waals surface area contributed by atoms with Crippen molar-refractivity contribution in [1.82, 2.24) is 19.7 Å². The Morgan fingerprint density at radius 3 is 2.64 bits per heavy atom. The summed E-state index contributed by atoms with van der Waals surface area (Å²) in [5.41, 5.74) is 2.16. The number of hydrogen-bond donors (Lipinski definition) is 2. The highest BCUT2D eigenvalue weighted by atomic mass is 16.4. The van der Waals surface area contributed by atoms with E-state index in [2.05, 4.69) is 40.5 Å². The monoisotopic (exact) mass is 302 g/mol. The number of aromatic carboxylic acids is 1. The highest BCUT2D eigenvalue weighted by Crippen LogP contribution is 2.41. The summed E-state index contributed by atoms with van der Waals surface area (Å²) in [7, 11) is 0. The number of carboxylic acid groups (broad SMARTS) is 1. The predicted molar refractivity (Wildman–Crippen MR) is 82.3 cm³/mol. The number of nitrogens with one attached hydrogen (secondary N) is 1. The lowest BCUT2D eigenvalue weighted by Gasteiger charge is -2.12. The van der Waals surface area contributed by atoms with Gasteiger partial charge in [-0.1, -0.05) is 20.8 Å². The Hall–Kier alpha value is -2.11. The lowest BCUT2D eigenvalue weighted by molar-refractivity contribution is 0.0696. The molecule has 2 aromatic rings. The summed E-state index contributed by atoms with van der Waals surface area (Å²) in [6.45, 7) is 8.60. The van der Waals surface area contributed by atoms with Gasteiger partial charge in [-0.05, 0) is 31.7 Å². The standard InChI is InChI=1S/C16H22N4O2/c1-9-11(14(21)22)7-12(10-5-6-10)20(9)8-13-17-15(19-18-13)16(2,3)4/h7,10H,5-6,8H2,1-4H3,(H,21,22)(H,17,18,19). The first-order chi connectivity index (χ1) is 10.3. The second-order valence-corrected chi connectivity index (χ2v) is 7.09. The van der Waals surface area contributed by atoms with Gasteiger partial charge in [0.25, 0.3) is 0 Å². The molecule has 0 spiro atoms. The molecule has 0 amide bonds. The summed E-state index contributed by atoms with van der Waals surface area (Å²) >= 11 is 0. The first kappa shape index (κ1) is 14.8. The van der Waals surface area contributed by atoms with E-state index in [0.29, 0.717) is 18.0 Å². The first-order valence-electron chi connectivity index (χ1n) is 7.62. The van der Waals surface area contributed by atoms with Gasteiger partial charge in [0.05, 0.1) is 12.1 Å². The van der Waals surface area contributed by atoms with Gasteiger partial charge in [0.15, 0.2) is 5.82 Å². The maximum atomic E-state index is 11.4. The molecule has 1 aliphatic rings. The van der Waals surface area contributed by atoms with E-state index in [4.69, 9.17) is 0 Å². The van der Waals surface area contributed by atoms with Crippen LogP contribution in [0.3, 0.4) is 0 Å². The molecule has 2 aromatic heterocycles. The van der Waals surface area contributed by atoms with Crippen LogP contribution >= 0.6 is 0 Å². The van der Waals surface area contributed by atoms with Gasteiger partial charge in [-0.25, -0.2) is 9.78 Å². The summed E-state index contributed by atoms with van der Waals surface area (Å²) in [5, 5.41) is 16.6. The van der Waals surface area contributed by atoms with Crippen molar-refractivity contribution < 1.29 is 9.90 Å². The van der Waals surface area contributed by atoms with Gasteiger partial charge in [-0.2, -0.15) is 5.10 Å². The molecule has 0 saturated heterocycles. The third kappa shape index (κ3) is 2.65. The molecule has 2 N–H and O–H groups in total. The van der Waals surface area contributed by atoms with E-state index in [1.807, 2.05) is 13.0 Å². The van der Waals surface area contributed by atoms with Crippen LogP contribution in [0.1, 0.15) is 72.9 Å². The topological polar surface area (TPSA) is 83.8 Å². The van der Waals surface area contributed by atoms with Crippen molar-refractivity contribution >= 4 is 5.97 Å². The van der Waals surface area contributed by atoms with E-state index in [1.165, 1.54) is 0 Å². The number of carboxylic acids is 1. The molecule has 1 fully saturated rings. The van der Waals surface area contributed by atoms with Gasteiger partial charge >= 0.3 is 5.97 Å². The van der Waals surface area contributed by atoms with Gasteiger partial charge in [-0.15, -0.1) is 0 Å². The second-order valence-electron chi connectivity index (χ2n) is 7.09. The number of nitrogens with zero attached hydrogens (tertiary/aromatic N) is 3. The largest absolute Gasteiger partial charge is 0.478 e. The van der Waals surface area contributed by atoms with Crippen LogP contribution in [0.2, 0.25) is 0 Å². The van der Waals surface area contributed by atoms with Crippen LogP contribution in [0.5, 0.6) is 0 Å². The lowest BCUT2D eigenvalue weighted by atomic mass is 9.96. The zero-order chi connectivity index (χ0) is 16.1. The van der Waals surface area contributed by atoms with E-state index in [9.17, 15) is 9.90 Å². The molecular formula is C16H22N4O2. The molecule has 0 radical (unpaired) electrons. The first-order valence-corrected chi connectivity index (χ1v) is 7.62. The molecule has 1 aliphatic carbocycles. The van der Waals surface area contributed by atoms with Crippen LogP contribution in [0.25, 0.3) is 0 Å². The van der Waals surface area contributed by atoms with Gasteiger partial charge in [0, 0.05) is 16.8 Å². The number of rotatable bonds is 4. The molecule has 0 bridgehead atoms. The minimum atomic E-state index is -0.869. The Kier molecular flexibility index (Phi) is 3.34. The summed E-state index contributed by atoms with van der Waals surface area (Å²) in [5.74, 6) is 1.16. The molecular weight excluding hydrogens is 280 g/mol. The molecule has 3 rings (SSSR count). The Morgan fingerprint density at radius 2 is 2.14 bits per heavy atom.